The maximum absolute atomic E-state index is 11.9. The molecule has 18 heavy (non-hydrogen) atoms. The number of nitrogens with zero attached hydrogens (tertiary/aromatic N) is 1. The van der Waals surface area contributed by atoms with Crippen LogP contribution < -0.4 is 5.32 Å². The van der Waals surface area contributed by atoms with Crippen molar-refractivity contribution in [3.63, 3.8) is 0 Å². The highest BCUT2D eigenvalue weighted by atomic mass is 16.1. The van der Waals surface area contributed by atoms with Crippen LogP contribution in [0.5, 0.6) is 0 Å². The van der Waals surface area contributed by atoms with Crippen molar-refractivity contribution in [3.05, 3.63) is 12.2 Å². The van der Waals surface area contributed by atoms with Crippen LogP contribution in [0.3, 0.4) is 0 Å². The van der Waals surface area contributed by atoms with Gasteiger partial charge in [-0.05, 0) is 26.7 Å². The van der Waals surface area contributed by atoms with Crippen LogP contribution in [0.25, 0.3) is 0 Å². The zero-order chi connectivity index (χ0) is 14.0. The van der Waals surface area contributed by atoms with Gasteiger partial charge >= 0.3 is 0 Å². The van der Waals surface area contributed by atoms with E-state index in [0.717, 1.165) is 25.7 Å². The second kappa shape index (κ2) is 8.74. The third-order valence-electron chi connectivity index (χ3n) is 3.35. The standard InChI is InChI=1S/C13H20N2O.C2H6/c1-3-7-13(8-5-6-9-13)11(10-14)12(16)15-4-2;1-2/h3,7,11H,4-6,8-9H2,1-2H3,(H,15,16);1-2H3/b7-3+;. The molecule has 3 nitrogen and oxygen atoms in total. The summed E-state index contributed by atoms with van der Waals surface area (Å²) in [6, 6.07) is 2.19. The maximum Gasteiger partial charge on any atom is 0.238 e. The normalized spacial score (nSPS) is 18.6. The minimum Gasteiger partial charge on any atom is -0.355 e. The van der Waals surface area contributed by atoms with Crippen LogP contribution in [-0.2, 0) is 4.79 Å². The summed E-state index contributed by atoms with van der Waals surface area (Å²) in [4.78, 5) is 11.9. The van der Waals surface area contributed by atoms with E-state index in [2.05, 4.69) is 17.5 Å². The smallest absolute Gasteiger partial charge is 0.238 e. The molecule has 0 aromatic carbocycles. The molecule has 0 radical (unpaired) electrons. The Labute approximate surface area is 111 Å². The zero-order valence-electron chi connectivity index (χ0n) is 12.1. The number of rotatable bonds is 4. The van der Waals surface area contributed by atoms with E-state index in [0.29, 0.717) is 6.54 Å². The molecule has 1 aliphatic carbocycles. The number of nitriles is 1. The van der Waals surface area contributed by atoms with E-state index in [1.807, 2.05) is 33.8 Å². The molecule has 1 atom stereocenters. The van der Waals surface area contributed by atoms with Crippen molar-refractivity contribution < 1.29 is 4.79 Å². The molecule has 1 aliphatic rings. The SMILES string of the molecule is C/C=C/C1(C(C#N)C(=O)NCC)CCCC1.CC. The Morgan fingerprint density at radius 1 is 1.44 bits per heavy atom. The van der Waals surface area contributed by atoms with E-state index in [4.69, 9.17) is 0 Å². The molecule has 0 spiro atoms. The minimum atomic E-state index is -0.536. The Bertz CT molecular complexity index is 309. The fourth-order valence-electron chi connectivity index (χ4n) is 2.64. The molecule has 0 heterocycles. The summed E-state index contributed by atoms with van der Waals surface area (Å²) in [5.41, 5.74) is -0.219. The second-order valence-electron chi connectivity index (χ2n) is 4.40. The van der Waals surface area contributed by atoms with E-state index >= 15 is 0 Å². The number of hydrogen-bond acceptors (Lipinski definition) is 2. The largest absolute Gasteiger partial charge is 0.355 e. The summed E-state index contributed by atoms with van der Waals surface area (Å²) >= 11 is 0. The van der Waals surface area contributed by atoms with Gasteiger partial charge in [-0.15, -0.1) is 0 Å². The van der Waals surface area contributed by atoms with Crippen molar-refractivity contribution in [2.45, 2.75) is 53.4 Å². The molecule has 1 rings (SSSR count). The lowest BCUT2D eigenvalue weighted by atomic mass is 9.73. The summed E-state index contributed by atoms with van der Waals surface area (Å²) in [6.45, 7) is 8.42. The number of carbonyl (C=O) groups excluding carboxylic acids is 1. The highest BCUT2D eigenvalue weighted by Crippen LogP contribution is 2.45. The first kappa shape index (κ1) is 16.7. The Balaban J connectivity index is 0.00000137. The molecule has 1 N–H and O–H groups in total. The molecule has 1 fully saturated rings. The van der Waals surface area contributed by atoms with E-state index in [1.165, 1.54) is 0 Å². The van der Waals surface area contributed by atoms with Gasteiger partial charge in [0.1, 0.15) is 5.92 Å². The van der Waals surface area contributed by atoms with Gasteiger partial charge in [0.05, 0.1) is 6.07 Å². The summed E-state index contributed by atoms with van der Waals surface area (Å²) in [7, 11) is 0. The highest BCUT2D eigenvalue weighted by Gasteiger charge is 2.43. The van der Waals surface area contributed by atoms with E-state index in [9.17, 15) is 10.1 Å². The molecule has 1 amide bonds. The van der Waals surface area contributed by atoms with Crippen LogP contribution in [0.15, 0.2) is 12.2 Å². The van der Waals surface area contributed by atoms with Gasteiger partial charge in [0.15, 0.2) is 0 Å². The monoisotopic (exact) mass is 250 g/mol. The Morgan fingerprint density at radius 2 is 2.00 bits per heavy atom. The van der Waals surface area contributed by atoms with Gasteiger partial charge in [-0.1, -0.05) is 38.8 Å². The van der Waals surface area contributed by atoms with Gasteiger partial charge in [0.2, 0.25) is 5.91 Å². The molecule has 0 bridgehead atoms. The lowest BCUT2D eigenvalue weighted by Crippen LogP contribution is -2.39. The highest BCUT2D eigenvalue weighted by molar-refractivity contribution is 5.82. The van der Waals surface area contributed by atoms with Crippen molar-refractivity contribution in [3.8, 4) is 6.07 Å². The lowest BCUT2D eigenvalue weighted by Gasteiger charge is -2.29. The molecule has 0 saturated heterocycles. The molecule has 0 aromatic rings. The van der Waals surface area contributed by atoms with Crippen molar-refractivity contribution in [1.29, 1.82) is 5.26 Å². The third-order valence-corrected chi connectivity index (χ3v) is 3.35. The zero-order valence-corrected chi connectivity index (χ0v) is 12.1. The van der Waals surface area contributed by atoms with Crippen LogP contribution in [0.4, 0.5) is 0 Å². The van der Waals surface area contributed by atoms with Crippen LogP contribution in [0, 0.1) is 22.7 Å². The fourth-order valence-corrected chi connectivity index (χ4v) is 2.64. The Kier molecular flexibility index (Phi) is 8.11. The van der Waals surface area contributed by atoms with Crippen molar-refractivity contribution in [2.75, 3.05) is 6.54 Å². The maximum atomic E-state index is 11.9. The first-order chi connectivity index (χ1) is 8.70. The van der Waals surface area contributed by atoms with Crippen LogP contribution in [0.2, 0.25) is 0 Å². The summed E-state index contributed by atoms with van der Waals surface area (Å²) in [6.07, 6.45) is 8.15. The number of allylic oxidation sites excluding steroid dienone is 2. The number of hydrogen-bond donors (Lipinski definition) is 1. The molecular formula is C15H26N2O. The van der Waals surface area contributed by atoms with Gasteiger partial charge in [-0.25, -0.2) is 0 Å². The average Bonchev–Trinajstić information content (AvgIpc) is 2.83. The van der Waals surface area contributed by atoms with Crippen LogP contribution >= 0.6 is 0 Å². The molecule has 0 aliphatic heterocycles. The van der Waals surface area contributed by atoms with Crippen LogP contribution in [-0.4, -0.2) is 12.5 Å². The van der Waals surface area contributed by atoms with Crippen molar-refractivity contribution >= 4 is 5.91 Å². The van der Waals surface area contributed by atoms with E-state index in [-0.39, 0.29) is 11.3 Å². The molecule has 3 heteroatoms. The number of nitrogens with one attached hydrogen (secondary N) is 1. The van der Waals surface area contributed by atoms with Gasteiger partial charge in [0, 0.05) is 12.0 Å². The first-order valence-corrected chi connectivity index (χ1v) is 7.01. The first-order valence-electron chi connectivity index (χ1n) is 7.01. The molecule has 1 saturated carbocycles. The Morgan fingerprint density at radius 3 is 2.39 bits per heavy atom. The molecule has 1 unspecified atom stereocenters. The molecule has 0 aromatic heterocycles. The van der Waals surface area contributed by atoms with E-state index in [1.54, 1.807) is 0 Å². The quantitative estimate of drug-likeness (QED) is 0.777. The predicted octanol–water partition coefficient (Wildman–Crippen LogP) is 3.42. The predicted molar refractivity (Wildman–Crippen MR) is 74.8 cm³/mol. The van der Waals surface area contributed by atoms with Crippen molar-refractivity contribution in [1.82, 2.24) is 5.32 Å². The summed E-state index contributed by atoms with van der Waals surface area (Å²) in [5.74, 6) is -0.656. The van der Waals surface area contributed by atoms with Crippen LogP contribution in [0.1, 0.15) is 53.4 Å². The van der Waals surface area contributed by atoms with Gasteiger partial charge < -0.3 is 5.32 Å². The van der Waals surface area contributed by atoms with Gasteiger partial charge in [-0.2, -0.15) is 5.26 Å². The topological polar surface area (TPSA) is 52.9 Å². The minimum absolute atomic E-state index is 0.120. The fraction of sp³-hybridized carbons (Fsp3) is 0.733. The summed E-state index contributed by atoms with van der Waals surface area (Å²) in [5, 5.41) is 12.0. The van der Waals surface area contributed by atoms with Gasteiger partial charge in [0.25, 0.3) is 0 Å². The second-order valence-corrected chi connectivity index (χ2v) is 4.40. The third kappa shape index (κ3) is 3.87. The summed E-state index contributed by atoms with van der Waals surface area (Å²) < 4.78 is 0. The molecule has 102 valence electrons. The number of carbonyl (C=O) groups is 1. The molecular weight excluding hydrogens is 224 g/mol. The average molecular weight is 250 g/mol. The number of amides is 1. The Hall–Kier alpha value is -1.30. The van der Waals surface area contributed by atoms with Crippen molar-refractivity contribution in [2.24, 2.45) is 11.3 Å². The van der Waals surface area contributed by atoms with Gasteiger partial charge in [-0.3, -0.25) is 4.79 Å². The van der Waals surface area contributed by atoms with E-state index < -0.39 is 5.92 Å². The lowest BCUT2D eigenvalue weighted by molar-refractivity contribution is -0.125.